The molecule has 4 saturated heterocycles. The topological polar surface area (TPSA) is 110 Å². The minimum absolute atomic E-state index is 0.0349. The molecule has 10 atom stereocenters. The number of Topliss-reactive ketones (excluding diaryl/α,β-unsaturated/α-hetero) is 1. The average molecular weight is 640 g/mol. The number of cyclic esters (lactones) is 1. The third kappa shape index (κ3) is 8.28. The molecule has 0 bridgehead atoms. The number of ether oxygens (including phenoxy) is 5. The van der Waals surface area contributed by atoms with Gasteiger partial charge in [-0.05, 0) is 79.9 Å². The van der Waals surface area contributed by atoms with E-state index in [1.54, 1.807) is 27.9 Å². The quantitative estimate of drug-likeness (QED) is 0.327. The molecule has 0 spiro atoms. The molecule has 4 heterocycles. The maximum Gasteiger partial charge on any atom is 0.319 e. The molecule has 0 saturated carbocycles. The van der Waals surface area contributed by atoms with Gasteiger partial charge in [0.25, 0.3) is 0 Å². The summed E-state index contributed by atoms with van der Waals surface area (Å²) in [5, 5.41) is 11.3. The third-order valence-electron chi connectivity index (χ3n) is 11.0. The van der Waals surface area contributed by atoms with Crippen LogP contribution in [0.3, 0.4) is 0 Å². The van der Waals surface area contributed by atoms with E-state index in [2.05, 4.69) is 23.8 Å². The Morgan fingerprint density at radius 3 is 2.36 bits per heavy atom. The van der Waals surface area contributed by atoms with Gasteiger partial charge in [0.1, 0.15) is 18.1 Å². The zero-order chi connectivity index (χ0) is 33.3. The smallest absolute Gasteiger partial charge is 0.319 e. The molecular weight excluding hydrogens is 578 g/mol. The van der Waals surface area contributed by atoms with Gasteiger partial charge in [0, 0.05) is 63.8 Å². The van der Waals surface area contributed by atoms with Gasteiger partial charge in [-0.3, -0.25) is 14.5 Å². The standard InChI is InChI=1S/C34H61N3O8/c1-21-14-34(6,41-10)30(45-31-28(38)26(35(7)8)13-22(2)44-31)23(3)29(39)33(4,5)32(40)43-20-27(36(9)15-21)25-17-37(18-25)16-24-11-12-42-19-24/h21-28,30-31,38H,11-20H2,1-10H3/t21-,22-,23+,24?,26+,27+,28-,30-,31+,34-/m1/s1. The number of carbonyl (C=O) groups excluding carboxylic acids is 2. The van der Waals surface area contributed by atoms with E-state index in [9.17, 15) is 14.7 Å². The number of likely N-dealkylation sites (tertiary alicyclic amines) is 1. The van der Waals surface area contributed by atoms with Crippen LogP contribution in [0.2, 0.25) is 0 Å². The average Bonchev–Trinajstić information content (AvgIpc) is 3.47. The van der Waals surface area contributed by atoms with Crippen LogP contribution in [0.1, 0.15) is 60.8 Å². The lowest BCUT2D eigenvalue weighted by Gasteiger charge is -2.48. The summed E-state index contributed by atoms with van der Waals surface area (Å²) < 4.78 is 30.6. The molecule has 0 aromatic heterocycles. The van der Waals surface area contributed by atoms with Crippen molar-refractivity contribution in [2.75, 3.05) is 74.3 Å². The first-order valence-electron chi connectivity index (χ1n) is 17.0. The highest BCUT2D eigenvalue weighted by Gasteiger charge is 2.52. The number of esters is 1. The van der Waals surface area contributed by atoms with E-state index >= 15 is 0 Å². The molecule has 11 nitrogen and oxygen atoms in total. The van der Waals surface area contributed by atoms with E-state index in [0.29, 0.717) is 24.7 Å². The second-order valence-electron chi connectivity index (χ2n) is 15.5. The summed E-state index contributed by atoms with van der Waals surface area (Å²) in [7, 11) is 7.61. The Morgan fingerprint density at radius 2 is 1.76 bits per heavy atom. The van der Waals surface area contributed by atoms with Crippen LogP contribution >= 0.6 is 0 Å². The first-order valence-corrected chi connectivity index (χ1v) is 17.0. The molecule has 4 fully saturated rings. The van der Waals surface area contributed by atoms with Gasteiger partial charge in [0.15, 0.2) is 12.1 Å². The van der Waals surface area contributed by atoms with Gasteiger partial charge in [0.2, 0.25) is 0 Å². The molecule has 1 unspecified atom stereocenters. The highest BCUT2D eigenvalue weighted by molar-refractivity contribution is 6.04. The van der Waals surface area contributed by atoms with Crippen molar-refractivity contribution < 1.29 is 38.4 Å². The van der Waals surface area contributed by atoms with Gasteiger partial charge in [-0.1, -0.05) is 13.8 Å². The van der Waals surface area contributed by atoms with Gasteiger partial charge < -0.3 is 38.6 Å². The number of rotatable bonds is 7. The van der Waals surface area contributed by atoms with E-state index in [1.165, 1.54) is 0 Å². The molecule has 4 aliphatic rings. The van der Waals surface area contributed by atoms with Crippen molar-refractivity contribution in [3.05, 3.63) is 0 Å². The number of hydrogen-bond acceptors (Lipinski definition) is 11. The van der Waals surface area contributed by atoms with E-state index in [1.807, 2.05) is 32.8 Å². The SMILES string of the molecule is CO[C@]1(C)C[C@@H](C)CN(C)[C@H](C2CN(CC3CCOC3)C2)COC(=O)C(C)(C)C(=O)[C@H](C)[C@H]1O[C@@H]1O[C@H](C)C[C@H](N(C)C)[C@H]1O. The number of nitrogens with zero attached hydrogens (tertiary/aromatic N) is 3. The van der Waals surface area contributed by atoms with Crippen molar-refractivity contribution in [3.8, 4) is 0 Å². The highest BCUT2D eigenvalue weighted by atomic mass is 16.7. The Balaban J connectivity index is 1.58. The fraction of sp³-hybridized carbons (Fsp3) is 0.941. The molecule has 0 radical (unpaired) electrons. The van der Waals surface area contributed by atoms with Gasteiger partial charge in [0.05, 0.1) is 24.4 Å². The monoisotopic (exact) mass is 639 g/mol. The van der Waals surface area contributed by atoms with E-state index in [4.69, 9.17) is 23.7 Å². The van der Waals surface area contributed by atoms with Crippen molar-refractivity contribution in [1.29, 1.82) is 0 Å². The Labute approximate surface area is 271 Å². The van der Waals surface area contributed by atoms with Crippen LogP contribution in [0, 0.1) is 29.1 Å². The summed E-state index contributed by atoms with van der Waals surface area (Å²) in [6.45, 7) is 16.8. The highest BCUT2D eigenvalue weighted by Crippen LogP contribution is 2.39. The van der Waals surface area contributed by atoms with Gasteiger partial charge >= 0.3 is 5.97 Å². The second-order valence-corrected chi connectivity index (χ2v) is 15.5. The van der Waals surface area contributed by atoms with Crippen molar-refractivity contribution in [2.24, 2.45) is 29.1 Å². The lowest BCUT2D eigenvalue weighted by Crippen LogP contribution is -2.59. The van der Waals surface area contributed by atoms with E-state index < -0.39 is 41.4 Å². The first kappa shape index (κ1) is 36.7. The Bertz CT molecular complexity index is 1000. The first-order chi connectivity index (χ1) is 21.1. The summed E-state index contributed by atoms with van der Waals surface area (Å²) in [5.41, 5.74) is -2.31. The molecular formula is C34H61N3O8. The normalized spacial score (nSPS) is 41.6. The molecule has 11 heteroatoms. The summed E-state index contributed by atoms with van der Waals surface area (Å²) in [6.07, 6.45) is -0.441. The van der Waals surface area contributed by atoms with Crippen LogP contribution in [-0.2, 0) is 33.3 Å². The Morgan fingerprint density at radius 1 is 1.07 bits per heavy atom. The minimum Gasteiger partial charge on any atom is -0.463 e. The number of carbonyl (C=O) groups is 2. The Kier molecular flexibility index (Phi) is 12.2. The third-order valence-corrected chi connectivity index (χ3v) is 11.0. The summed E-state index contributed by atoms with van der Waals surface area (Å²) in [4.78, 5) is 34.6. The molecule has 0 aromatic carbocycles. The van der Waals surface area contributed by atoms with Crippen LogP contribution in [0.25, 0.3) is 0 Å². The zero-order valence-corrected chi connectivity index (χ0v) is 29.5. The molecule has 45 heavy (non-hydrogen) atoms. The van der Waals surface area contributed by atoms with Crippen LogP contribution in [0.4, 0.5) is 0 Å². The fourth-order valence-electron chi connectivity index (χ4n) is 8.16. The van der Waals surface area contributed by atoms with Crippen LogP contribution in [0.15, 0.2) is 0 Å². The van der Waals surface area contributed by atoms with E-state index in [0.717, 1.165) is 45.8 Å². The number of methoxy groups -OCH3 is 1. The summed E-state index contributed by atoms with van der Waals surface area (Å²) >= 11 is 0. The molecule has 0 amide bonds. The lowest BCUT2D eigenvalue weighted by atomic mass is 9.74. The fourth-order valence-corrected chi connectivity index (χ4v) is 8.16. The summed E-state index contributed by atoms with van der Waals surface area (Å²) in [5.74, 6) is -0.440. The number of aliphatic hydroxyl groups is 1. The van der Waals surface area contributed by atoms with Crippen LogP contribution in [0.5, 0.6) is 0 Å². The zero-order valence-electron chi connectivity index (χ0n) is 29.5. The van der Waals surface area contributed by atoms with Crippen LogP contribution in [-0.4, -0.2) is 148 Å². The lowest BCUT2D eigenvalue weighted by molar-refractivity contribution is -0.295. The van der Waals surface area contributed by atoms with E-state index in [-0.39, 0.29) is 36.5 Å². The van der Waals surface area contributed by atoms with Crippen molar-refractivity contribution in [3.63, 3.8) is 0 Å². The second kappa shape index (κ2) is 14.9. The van der Waals surface area contributed by atoms with Gasteiger partial charge in [-0.25, -0.2) is 0 Å². The van der Waals surface area contributed by atoms with Gasteiger partial charge in [-0.15, -0.1) is 0 Å². The maximum atomic E-state index is 14.2. The minimum atomic E-state index is -1.40. The molecule has 4 rings (SSSR count). The molecule has 1 N–H and O–H groups in total. The predicted octanol–water partition coefficient (Wildman–Crippen LogP) is 2.29. The van der Waals surface area contributed by atoms with Crippen molar-refractivity contribution in [2.45, 2.75) is 103 Å². The molecule has 0 aromatic rings. The van der Waals surface area contributed by atoms with Crippen LogP contribution < -0.4 is 0 Å². The summed E-state index contributed by atoms with van der Waals surface area (Å²) in [6, 6.07) is -0.134. The Hall–Kier alpha value is -1.18. The molecule has 0 aliphatic carbocycles. The molecule has 260 valence electrons. The number of likely N-dealkylation sites (N-methyl/N-ethyl adjacent to an activating group) is 2. The van der Waals surface area contributed by atoms with Crippen molar-refractivity contribution >= 4 is 11.8 Å². The maximum absolute atomic E-state index is 14.2. The molecule has 4 aliphatic heterocycles. The number of ketones is 1. The predicted molar refractivity (Wildman–Crippen MR) is 171 cm³/mol. The number of hydrogen-bond donors (Lipinski definition) is 1. The van der Waals surface area contributed by atoms with Crippen molar-refractivity contribution in [1.82, 2.24) is 14.7 Å². The largest absolute Gasteiger partial charge is 0.463 e. The van der Waals surface area contributed by atoms with Gasteiger partial charge in [-0.2, -0.15) is 0 Å². The number of aliphatic hydroxyl groups excluding tert-OH is 1.